The number of hydrogen-bond donors (Lipinski definition) is 3. The molecule has 2 aliphatic rings. The number of hydrogen-bond acceptors (Lipinski definition) is 4. The van der Waals surface area contributed by atoms with Crippen molar-refractivity contribution in [1.82, 2.24) is 21.1 Å². The quantitative estimate of drug-likeness (QED) is 0.680. The zero-order valence-electron chi connectivity index (χ0n) is 16.5. The van der Waals surface area contributed by atoms with Gasteiger partial charge in [0.15, 0.2) is 0 Å². The number of hydrazine groups is 1. The van der Waals surface area contributed by atoms with Crippen LogP contribution in [0.4, 0.5) is 4.79 Å². The Labute approximate surface area is 169 Å². The van der Waals surface area contributed by atoms with E-state index in [2.05, 4.69) is 40.3 Å². The lowest BCUT2D eigenvalue weighted by molar-refractivity contribution is -0.139. The highest BCUT2D eigenvalue weighted by Crippen LogP contribution is 2.33. The molecule has 0 radical (unpaired) electrons. The molecule has 7 nitrogen and oxygen atoms in total. The van der Waals surface area contributed by atoms with E-state index in [0.29, 0.717) is 12.8 Å². The maximum Gasteiger partial charge on any atom is 0.344 e. The van der Waals surface area contributed by atoms with Crippen molar-refractivity contribution in [2.45, 2.75) is 50.6 Å². The predicted molar refractivity (Wildman–Crippen MR) is 110 cm³/mol. The first-order chi connectivity index (χ1) is 14.0. The van der Waals surface area contributed by atoms with Crippen LogP contribution in [0.1, 0.15) is 50.6 Å². The lowest BCUT2D eigenvalue weighted by atomic mass is 9.82. The molecule has 1 heterocycles. The minimum Gasteiger partial charge on any atom is -0.322 e. The van der Waals surface area contributed by atoms with E-state index in [4.69, 9.17) is 0 Å². The normalized spacial score (nSPS) is 19.4. The number of urea groups is 1. The molecule has 2 aromatic rings. The van der Waals surface area contributed by atoms with Crippen molar-refractivity contribution in [2.75, 3.05) is 6.54 Å². The first-order valence-electron chi connectivity index (χ1n) is 10.2. The van der Waals surface area contributed by atoms with Gasteiger partial charge >= 0.3 is 6.03 Å². The summed E-state index contributed by atoms with van der Waals surface area (Å²) >= 11 is 0. The topological polar surface area (TPSA) is 90.5 Å². The van der Waals surface area contributed by atoms with Gasteiger partial charge in [-0.2, -0.15) is 5.01 Å². The molecule has 4 rings (SSSR count). The largest absolute Gasteiger partial charge is 0.344 e. The van der Waals surface area contributed by atoms with Crippen molar-refractivity contribution in [3.05, 3.63) is 48.0 Å². The van der Waals surface area contributed by atoms with Crippen LogP contribution in [0.5, 0.6) is 0 Å². The number of amides is 4. The third kappa shape index (κ3) is 3.82. The number of carbonyl (C=O) groups is 3. The van der Waals surface area contributed by atoms with E-state index < -0.39 is 17.5 Å². The summed E-state index contributed by atoms with van der Waals surface area (Å²) in [6.45, 7) is 1.97. The summed E-state index contributed by atoms with van der Waals surface area (Å²) in [6.07, 6.45) is 4.12. The predicted octanol–water partition coefficient (Wildman–Crippen LogP) is 2.78. The summed E-state index contributed by atoms with van der Waals surface area (Å²) < 4.78 is 0. The van der Waals surface area contributed by atoms with Crippen molar-refractivity contribution in [2.24, 2.45) is 0 Å². The molecular weight excluding hydrogens is 368 g/mol. The van der Waals surface area contributed by atoms with Crippen molar-refractivity contribution >= 4 is 28.6 Å². The Morgan fingerprint density at radius 3 is 2.59 bits per heavy atom. The fourth-order valence-corrected chi connectivity index (χ4v) is 4.22. The number of carbonyl (C=O) groups excluding carboxylic acids is 3. The summed E-state index contributed by atoms with van der Waals surface area (Å²) in [4.78, 5) is 37.3. The Morgan fingerprint density at radius 1 is 1.10 bits per heavy atom. The average Bonchev–Trinajstić information content (AvgIpc) is 2.96. The Balaban J connectivity index is 1.34. The molecule has 29 heavy (non-hydrogen) atoms. The summed E-state index contributed by atoms with van der Waals surface area (Å²) in [5.41, 5.74) is 2.68. The number of imide groups is 1. The van der Waals surface area contributed by atoms with Crippen LogP contribution in [0, 0.1) is 0 Å². The lowest BCUT2D eigenvalue weighted by Crippen LogP contribution is -2.52. The highest BCUT2D eigenvalue weighted by molar-refractivity contribution is 6.08. The molecule has 0 unspecified atom stereocenters. The molecule has 0 bridgehead atoms. The maximum absolute atomic E-state index is 12.7. The molecule has 2 fully saturated rings. The summed E-state index contributed by atoms with van der Waals surface area (Å²) in [5, 5.41) is 9.09. The second-order valence-corrected chi connectivity index (χ2v) is 7.96. The molecule has 0 aromatic heterocycles. The lowest BCUT2D eigenvalue weighted by Gasteiger charge is -2.30. The van der Waals surface area contributed by atoms with E-state index in [0.717, 1.165) is 40.6 Å². The average molecular weight is 394 g/mol. The number of benzene rings is 2. The number of nitrogens with one attached hydrogen (secondary N) is 3. The first kappa shape index (κ1) is 19.4. The molecule has 2 aromatic carbocycles. The van der Waals surface area contributed by atoms with Crippen LogP contribution in [0.2, 0.25) is 0 Å². The summed E-state index contributed by atoms with van der Waals surface area (Å²) in [5.74, 6) is -0.771. The molecule has 3 N–H and O–H groups in total. The third-order valence-corrected chi connectivity index (χ3v) is 5.95. The minimum absolute atomic E-state index is 0.00193. The Bertz CT molecular complexity index is 952. The van der Waals surface area contributed by atoms with Gasteiger partial charge in [0.2, 0.25) is 0 Å². The Hall–Kier alpha value is -2.93. The van der Waals surface area contributed by atoms with Crippen LogP contribution in [0.25, 0.3) is 10.8 Å². The zero-order valence-corrected chi connectivity index (χ0v) is 16.5. The first-order valence-corrected chi connectivity index (χ1v) is 10.2. The molecule has 1 aliphatic heterocycles. The van der Waals surface area contributed by atoms with Gasteiger partial charge < -0.3 is 10.6 Å². The highest BCUT2D eigenvalue weighted by Gasteiger charge is 2.52. The van der Waals surface area contributed by atoms with Gasteiger partial charge in [0, 0.05) is 6.04 Å². The molecule has 7 heteroatoms. The van der Waals surface area contributed by atoms with E-state index >= 15 is 0 Å². The van der Waals surface area contributed by atoms with Crippen LogP contribution in [-0.4, -0.2) is 34.9 Å². The van der Waals surface area contributed by atoms with E-state index in [1.807, 2.05) is 25.1 Å². The van der Waals surface area contributed by atoms with Crippen molar-refractivity contribution in [3.63, 3.8) is 0 Å². The third-order valence-electron chi connectivity index (χ3n) is 5.95. The molecule has 152 valence electrons. The van der Waals surface area contributed by atoms with Gasteiger partial charge in [0.25, 0.3) is 11.8 Å². The Kier molecular flexibility index (Phi) is 5.24. The molecule has 1 saturated heterocycles. The minimum atomic E-state index is -0.839. The van der Waals surface area contributed by atoms with Crippen LogP contribution >= 0.6 is 0 Å². The smallest absolute Gasteiger partial charge is 0.322 e. The fourth-order valence-electron chi connectivity index (χ4n) is 4.22. The Morgan fingerprint density at radius 2 is 1.83 bits per heavy atom. The van der Waals surface area contributed by atoms with Gasteiger partial charge in [-0.25, -0.2) is 4.79 Å². The van der Waals surface area contributed by atoms with Gasteiger partial charge in [-0.3, -0.25) is 15.0 Å². The zero-order chi connectivity index (χ0) is 20.4. The summed E-state index contributed by atoms with van der Waals surface area (Å²) in [7, 11) is 0. The van der Waals surface area contributed by atoms with E-state index in [-0.39, 0.29) is 18.5 Å². The SMILES string of the molecule is C[C@@H](NCC(=O)NN1C(=O)NC2(CCCCC2)C1=O)c1ccc2ccccc2c1. The van der Waals surface area contributed by atoms with Gasteiger partial charge in [0.1, 0.15) is 5.54 Å². The van der Waals surface area contributed by atoms with Crippen LogP contribution in [0.15, 0.2) is 42.5 Å². The molecule has 1 spiro atoms. The second kappa shape index (κ2) is 7.83. The fraction of sp³-hybridized carbons (Fsp3) is 0.409. The molecule has 1 atom stereocenters. The monoisotopic (exact) mass is 394 g/mol. The van der Waals surface area contributed by atoms with Crippen molar-refractivity contribution < 1.29 is 14.4 Å². The second-order valence-electron chi connectivity index (χ2n) is 7.96. The van der Waals surface area contributed by atoms with Gasteiger partial charge in [-0.05, 0) is 42.2 Å². The van der Waals surface area contributed by atoms with E-state index in [1.54, 1.807) is 0 Å². The summed E-state index contributed by atoms with van der Waals surface area (Å²) in [6, 6.07) is 13.7. The van der Waals surface area contributed by atoms with E-state index in [1.165, 1.54) is 0 Å². The van der Waals surface area contributed by atoms with Crippen LogP contribution < -0.4 is 16.1 Å². The van der Waals surface area contributed by atoms with Crippen molar-refractivity contribution in [1.29, 1.82) is 0 Å². The van der Waals surface area contributed by atoms with Gasteiger partial charge in [-0.1, -0.05) is 55.7 Å². The molecule has 1 saturated carbocycles. The number of rotatable bonds is 5. The molecule has 4 amide bonds. The molecule has 1 aliphatic carbocycles. The standard InChI is InChI=1S/C22H26N4O3/c1-15(17-10-9-16-7-3-4-8-18(16)13-17)23-14-19(27)25-26-20(28)22(24-21(26)29)11-5-2-6-12-22/h3-4,7-10,13,15,23H,2,5-6,11-12,14H2,1H3,(H,24,29)(H,25,27)/t15-/m1/s1. The van der Waals surface area contributed by atoms with Gasteiger partial charge in [-0.15, -0.1) is 0 Å². The van der Waals surface area contributed by atoms with Crippen LogP contribution in [-0.2, 0) is 9.59 Å². The van der Waals surface area contributed by atoms with Crippen LogP contribution in [0.3, 0.4) is 0 Å². The van der Waals surface area contributed by atoms with Crippen molar-refractivity contribution in [3.8, 4) is 0 Å². The number of fused-ring (bicyclic) bond motifs is 1. The van der Waals surface area contributed by atoms with Gasteiger partial charge in [0.05, 0.1) is 6.54 Å². The maximum atomic E-state index is 12.7. The van der Waals surface area contributed by atoms with E-state index in [9.17, 15) is 14.4 Å². The highest BCUT2D eigenvalue weighted by atomic mass is 16.2. The molecular formula is C22H26N4O3. The number of nitrogens with zero attached hydrogens (tertiary/aromatic N) is 1.